The van der Waals surface area contributed by atoms with Crippen molar-refractivity contribution in [1.29, 1.82) is 0 Å². The lowest BCUT2D eigenvalue weighted by molar-refractivity contribution is 0.0946. The number of hydrogen-bond acceptors (Lipinski definition) is 6. The minimum absolute atomic E-state index is 0.0445. The Morgan fingerprint density at radius 2 is 2.16 bits per heavy atom. The van der Waals surface area contributed by atoms with Gasteiger partial charge in [0.2, 0.25) is 0 Å². The van der Waals surface area contributed by atoms with Gasteiger partial charge in [0.1, 0.15) is 28.7 Å². The molecular weight excluding hydrogens is 409 g/mol. The van der Waals surface area contributed by atoms with Gasteiger partial charge >= 0.3 is 0 Å². The molecule has 1 aliphatic rings. The molecule has 4 heterocycles. The number of anilines is 1. The van der Waals surface area contributed by atoms with Gasteiger partial charge in [-0.3, -0.25) is 14.2 Å². The Morgan fingerprint density at radius 3 is 2.91 bits per heavy atom. The average molecular weight is 431 g/mol. The molecule has 1 aliphatic heterocycles. The van der Waals surface area contributed by atoms with Gasteiger partial charge in [-0.2, -0.15) is 0 Å². The van der Waals surface area contributed by atoms with E-state index < -0.39 is 11.7 Å². The van der Waals surface area contributed by atoms with Gasteiger partial charge < -0.3 is 16.4 Å². The molecule has 8 nitrogen and oxygen atoms in total. The van der Waals surface area contributed by atoms with Crippen molar-refractivity contribution in [2.75, 3.05) is 12.3 Å². The largest absolute Gasteiger partial charge is 0.382 e. The molecule has 1 atom stereocenters. The molecule has 3 aromatic heterocycles. The molecule has 162 valence electrons. The van der Waals surface area contributed by atoms with E-state index in [1.807, 2.05) is 16.7 Å². The number of benzene rings is 1. The number of nitrogen functional groups attached to an aromatic ring is 1. The molecular formula is C23H22FN7O. The number of carbonyl (C=O) groups is 1. The molecule has 1 amide bonds. The van der Waals surface area contributed by atoms with Crippen LogP contribution in [-0.2, 0) is 6.54 Å². The van der Waals surface area contributed by atoms with Crippen molar-refractivity contribution >= 4 is 17.2 Å². The molecule has 32 heavy (non-hydrogen) atoms. The predicted molar refractivity (Wildman–Crippen MR) is 118 cm³/mol. The molecule has 0 bridgehead atoms. The van der Waals surface area contributed by atoms with E-state index in [9.17, 15) is 9.18 Å². The van der Waals surface area contributed by atoms with E-state index in [2.05, 4.69) is 20.6 Å². The summed E-state index contributed by atoms with van der Waals surface area (Å²) in [6, 6.07) is 9.96. The van der Waals surface area contributed by atoms with Crippen molar-refractivity contribution in [3.8, 4) is 11.3 Å². The smallest absolute Gasteiger partial charge is 0.254 e. The number of rotatable bonds is 5. The first-order valence-electron chi connectivity index (χ1n) is 10.5. The zero-order valence-corrected chi connectivity index (χ0v) is 17.3. The van der Waals surface area contributed by atoms with Crippen molar-refractivity contribution in [2.45, 2.75) is 25.4 Å². The van der Waals surface area contributed by atoms with Gasteiger partial charge in [0.25, 0.3) is 5.91 Å². The third kappa shape index (κ3) is 3.67. The lowest BCUT2D eigenvalue weighted by Gasteiger charge is -2.08. The van der Waals surface area contributed by atoms with Crippen LogP contribution in [0, 0.1) is 5.82 Å². The highest BCUT2D eigenvalue weighted by atomic mass is 19.1. The topological polar surface area (TPSA) is 110 Å². The lowest BCUT2D eigenvalue weighted by Crippen LogP contribution is -2.24. The number of hydrogen-bond donors (Lipinski definition) is 3. The minimum Gasteiger partial charge on any atom is -0.382 e. The fourth-order valence-corrected chi connectivity index (χ4v) is 4.05. The average Bonchev–Trinajstić information content (AvgIpc) is 3.47. The number of fused-ring (bicyclic) bond motifs is 1. The van der Waals surface area contributed by atoms with Gasteiger partial charge in [-0.05, 0) is 43.7 Å². The number of imidazole rings is 1. The second-order valence-electron chi connectivity index (χ2n) is 7.70. The van der Waals surface area contributed by atoms with Crippen LogP contribution in [0.3, 0.4) is 0 Å². The Bertz CT molecular complexity index is 1280. The minimum atomic E-state index is -0.634. The van der Waals surface area contributed by atoms with Crippen LogP contribution in [0.2, 0.25) is 0 Å². The van der Waals surface area contributed by atoms with E-state index in [0.29, 0.717) is 28.3 Å². The molecule has 9 heteroatoms. The predicted octanol–water partition coefficient (Wildman–Crippen LogP) is 2.87. The summed E-state index contributed by atoms with van der Waals surface area (Å²) in [5.41, 5.74) is 8.51. The maximum atomic E-state index is 15.0. The number of halogens is 1. The molecule has 1 aromatic carbocycles. The quantitative estimate of drug-likeness (QED) is 0.448. The number of nitrogens with two attached hydrogens (primary N) is 1. The summed E-state index contributed by atoms with van der Waals surface area (Å²) in [5, 5.41) is 6.13. The van der Waals surface area contributed by atoms with Crippen LogP contribution in [0.1, 0.15) is 40.8 Å². The van der Waals surface area contributed by atoms with Gasteiger partial charge in [0.15, 0.2) is 0 Å². The van der Waals surface area contributed by atoms with Crippen LogP contribution in [0.5, 0.6) is 0 Å². The normalized spacial score (nSPS) is 15.8. The van der Waals surface area contributed by atoms with E-state index in [1.165, 1.54) is 12.1 Å². The van der Waals surface area contributed by atoms with Crippen molar-refractivity contribution in [3.63, 3.8) is 0 Å². The summed E-state index contributed by atoms with van der Waals surface area (Å²) in [7, 11) is 0. The summed E-state index contributed by atoms with van der Waals surface area (Å²) in [6.45, 7) is 1.14. The van der Waals surface area contributed by atoms with E-state index in [0.717, 1.165) is 25.2 Å². The molecule has 4 N–H and O–H groups in total. The summed E-state index contributed by atoms with van der Waals surface area (Å²) in [6.07, 6.45) is 7.11. The molecule has 4 aromatic rings. The standard InChI is InChI=1S/C23H22FN7O/c24-17-12-14(6-7-16(17)23(32)29-13-15-4-1-2-8-26-15)19-20-21(25)28-10-11-31(20)22(30-19)18-5-3-9-27-18/h1-2,4,6-8,10-12,18,27H,3,5,9,13H2,(H2,25,28)(H,29,32)/t18-/m0/s1. The third-order valence-corrected chi connectivity index (χ3v) is 5.63. The number of nitrogens with one attached hydrogen (secondary N) is 2. The van der Waals surface area contributed by atoms with Crippen LogP contribution in [0.25, 0.3) is 16.8 Å². The number of amides is 1. The van der Waals surface area contributed by atoms with Crippen molar-refractivity contribution in [2.24, 2.45) is 0 Å². The number of pyridine rings is 1. The molecule has 1 saturated heterocycles. The van der Waals surface area contributed by atoms with Gasteiger partial charge in [-0.25, -0.2) is 14.4 Å². The van der Waals surface area contributed by atoms with Crippen LogP contribution in [-0.4, -0.2) is 31.8 Å². The highest BCUT2D eigenvalue weighted by Gasteiger charge is 2.25. The van der Waals surface area contributed by atoms with Crippen molar-refractivity contribution in [3.05, 3.63) is 77.9 Å². The summed E-state index contributed by atoms with van der Waals surface area (Å²) in [4.78, 5) is 25.6. The highest BCUT2D eigenvalue weighted by Crippen LogP contribution is 2.33. The Balaban J connectivity index is 1.47. The van der Waals surface area contributed by atoms with Crippen LogP contribution in [0.4, 0.5) is 10.2 Å². The van der Waals surface area contributed by atoms with Gasteiger partial charge in [-0.1, -0.05) is 12.1 Å². The molecule has 5 rings (SSSR count). The van der Waals surface area contributed by atoms with Crippen LogP contribution >= 0.6 is 0 Å². The van der Waals surface area contributed by atoms with E-state index in [1.54, 1.807) is 30.6 Å². The zero-order valence-electron chi connectivity index (χ0n) is 17.3. The number of carbonyl (C=O) groups excluding carboxylic acids is 1. The molecule has 0 radical (unpaired) electrons. The third-order valence-electron chi connectivity index (χ3n) is 5.63. The Morgan fingerprint density at radius 1 is 1.25 bits per heavy atom. The lowest BCUT2D eigenvalue weighted by atomic mass is 10.1. The van der Waals surface area contributed by atoms with Crippen LogP contribution < -0.4 is 16.4 Å². The Labute approximate surface area is 183 Å². The first-order valence-corrected chi connectivity index (χ1v) is 10.5. The van der Waals surface area contributed by atoms with Gasteiger partial charge in [0, 0.05) is 24.2 Å². The Hall–Kier alpha value is -3.85. The molecule has 1 fully saturated rings. The summed E-state index contributed by atoms with van der Waals surface area (Å²) < 4.78 is 16.9. The van der Waals surface area contributed by atoms with E-state index in [4.69, 9.17) is 10.7 Å². The summed E-state index contributed by atoms with van der Waals surface area (Å²) in [5.74, 6) is -0.00683. The first kappa shape index (κ1) is 20.1. The van der Waals surface area contributed by atoms with E-state index in [-0.39, 0.29) is 18.2 Å². The molecule has 0 unspecified atom stereocenters. The zero-order chi connectivity index (χ0) is 22.1. The van der Waals surface area contributed by atoms with Crippen molar-refractivity contribution in [1.82, 2.24) is 30.0 Å². The van der Waals surface area contributed by atoms with Gasteiger partial charge in [-0.15, -0.1) is 0 Å². The monoisotopic (exact) mass is 431 g/mol. The number of aromatic nitrogens is 4. The summed E-state index contributed by atoms with van der Waals surface area (Å²) >= 11 is 0. The fourth-order valence-electron chi connectivity index (χ4n) is 4.05. The molecule has 0 aliphatic carbocycles. The van der Waals surface area contributed by atoms with Gasteiger partial charge in [0.05, 0.1) is 23.8 Å². The fraction of sp³-hybridized carbons (Fsp3) is 0.217. The van der Waals surface area contributed by atoms with E-state index >= 15 is 0 Å². The van der Waals surface area contributed by atoms with Crippen molar-refractivity contribution < 1.29 is 9.18 Å². The number of nitrogens with zero attached hydrogens (tertiary/aromatic N) is 4. The highest BCUT2D eigenvalue weighted by molar-refractivity contribution is 5.95. The maximum absolute atomic E-state index is 15.0. The first-order chi connectivity index (χ1) is 15.6. The Kier molecular flexibility index (Phi) is 5.24. The second kappa shape index (κ2) is 8.35. The SMILES string of the molecule is Nc1nccn2c([C@@H]3CCCN3)nc(-c3ccc(C(=O)NCc4ccccn4)c(F)c3)c12. The molecule has 0 spiro atoms. The second-order valence-corrected chi connectivity index (χ2v) is 7.70. The molecule has 0 saturated carbocycles. The van der Waals surface area contributed by atoms with Crippen LogP contribution in [0.15, 0.2) is 55.0 Å². The maximum Gasteiger partial charge on any atom is 0.254 e.